The highest BCUT2D eigenvalue weighted by molar-refractivity contribution is 6.35. The molecule has 4 aromatic carbocycles. The Bertz CT molecular complexity index is 1850. The van der Waals surface area contributed by atoms with Gasteiger partial charge in [-0.3, -0.25) is 24.5 Å². The molecule has 7 nitrogen and oxygen atoms in total. The minimum absolute atomic E-state index is 0.175. The molecule has 3 unspecified atom stereocenters. The van der Waals surface area contributed by atoms with E-state index in [1.54, 1.807) is 65.6 Å². The molecule has 0 radical (unpaired) electrons. The molecular formula is C33H20ClFN2O5. The van der Waals surface area contributed by atoms with Crippen molar-refractivity contribution in [3.8, 4) is 0 Å². The van der Waals surface area contributed by atoms with E-state index in [9.17, 15) is 28.9 Å². The predicted octanol–water partition coefficient (Wildman–Crippen LogP) is 6.70. The summed E-state index contributed by atoms with van der Waals surface area (Å²) in [6.45, 7) is 0. The van der Waals surface area contributed by atoms with Gasteiger partial charge in [-0.2, -0.15) is 0 Å². The number of nitro benzene ring substituents is 1. The maximum absolute atomic E-state index is 14.6. The van der Waals surface area contributed by atoms with Gasteiger partial charge in [0, 0.05) is 46.0 Å². The van der Waals surface area contributed by atoms with E-state index in [4.69, 9.17) is 11.6 Å². The van der Waals surface area contributed by atoms with Crippen LogP contribution in [-0.2, 0) is 0 Å². The van der Waals surface area contributed by atoms with E-state index in [-0.39, 0.29) is 27.4 Å². The van der Waals surface area contributed by atoms with Crippen LogP contribution in [0.2, 0.25) is 5.02 Å². The third-order valence-electron chi connectivity index (χ3n) is 8.64. The van der Waals surface area contributed by atoms with Gasteiger partial charge in [0.15, 0.2) is 17.3 Å². The third kappa shape index (κ3) is 3.42. The molecular weight excluding hydrogens is 559 g/mol. The molecule has 0 amide bonds. The van der Waals surface area contributed by atoms with E-state index >= 15 is 0 Å². The van der Waals surface area contributed by atoms with Crippen LogP contribution in [-0.4, -0.2) is 34.4 Å². The van der Waals surface area contributed by atoms with Crippen molar-refractivity contribution in [2.24, 2.45) is 5.41 Å². The van der Waals surface area contributed by atoms with Gasteiger partial charge in [-0.1, -0.05) is 72.3 Å². The Morgan fingerprint density at radius 1 is 0.905 bits per heavy atom. The zero-order chi connectivity index (χ0) is 29.3. The molecule has 3 atom stereocenters. The molecule has 1 saturated heterocycles. The first kappa shape index (κ1) is 26.0. The number of hydrogen-bond donors (Lipinski definition) is 0. The molecule has 0 saturated carbocycles. The van der Waals surface area contributed by atoms with Crippen molar-refractivity contribution in [1.29, 1.82) is 0 Å². The van der Waals surface area contributed by atoms with E-state index in [0.717, 1.165) is 0 Å². The lowest BCUT2D eigenvalue weighted by Gasteiger charge is -2.37. The summed E-state index contributed by atoms with van der Waals surface area (Å²) in [5.74, 6) is -2.86. The fourth-order valence-corrected chi connectivity index (χ4v) is 7.17. The van der Waals surface area contributed by atoms with Crippen LogP contribution in [0, 0.1) is 21.3 Å². The van der Waals surface area contributed by atoms with Gasteiger partial charge in [-0.15, -0.1) is 0 Å². The lowest BCUT2D eigenvalue weighted by molar-refractivity contribution is -0.384. The Morgan fingerprint density at radius 2 is 1.55 bits per heavy atom. The van der Waals surface area contributed by atoms with Gasteiger partial charge in [0.2, 0.25) is 0 Å². The highest BCUT2D eigenvalue weighted by Crippen LogP contribution is 2.61. The van der Waals surface area contributed by atoms with Crippen LogP contribution >= 0.6 is 11.6 Å². The minimum atomic E-state index is -1.79. The summed E-state index contributed by atoms with van der Waals surface area (Å²) in [7, 11) is 0. The third-order valence-corrected chi connectivity index (χ3v) is 8.97. The van der Waals surface area contributed by atoms with Crippen LogP contribution in [0.1, 0.15) is 48.1 Å². The van der Waals surface area contributed by atoms with E-state index in [2.05, 4.69) is 0 Å². The zero-order valence-electron chi connectivity index (χ0n) is 21.7. The molecule has 3 aliphatic rings. The Balaban J connectivity index is 1.55. The van der Waals surface area contributed by atoms with Crippen LogP contribution in [0.5, 0.6) is 0 Å². The lowest BCUT2D eigenvalue weighted by atomic mass is 9.64. The molecule has 4 aromatic rings. The van der Waals surface area contributed by atoms with E-state index in [1.807, 2.05) is 0 Å². The highest BCUT2D eigenvalue weighted by atomic mass is 35.5. The van der Waals surface area contributed by atoms with Crippen LogP contribution in [0.3, 0.4) is 0 Å². The topological polar surface area (TPSA) is 97.6 Å². The van der Waals surface area contributed by atoms with Gasteiger partial charge in [-0.05, 0) is 35.9 Å². The molecule has 7 rings (SSSR count). The first-order valence-corrected chi connectivity index (χ1v) is 13.6. The summed E-state index contributed by atoms with van der Waals surface area (Å²) in [5, 5.41) is 11.7. The summed E-state index contributed by atoms with van der Waals surface area (Å²) in [6.07, 6.45) is 3.35. The van der Waals surface area contributed by atoms with Crippen molar-refractivity contribution in [2.75, 3.05) is 4.90 Å². The second kappa shape index (κ2) is 9.29. The first-order chi connectivity index (χ1) is 20.2. The van der Waals surface area contributed by atoms with Gasteiger partial charge >= 0.3 is 0 Å². The molecule has 206 valence electrons. The van der Waals surface area contributed by atoms with Gasteiger partial charge in [-0.25, -0.2) is 4.39 Å². The second-order valence-electron chi connectivity index (χ2n) is 10.6. The molecule has 0 bridgehead atoms. The van der Waals surface area contributed by atoms with Crippen LogP contribution in [0.25, 0.3) is 6.08 Å². The Kier molecular flexibility index (Phi) is 5.75. The fraction of sp³-hybridized carbons (Fsp3) is 0.121. The smallest absolute Gasteiger partial charge is 0.269 e. The minimum Gasteiger partial charge on any atom is -0.352 e. The van der Waals surface area contributed by atoms with Crippen molar-refractivity contribution in [3.05, 3.63) is 146 Å². The van der Waals surface area contributed by atoms with E-state index < -0.39 is 51.5 Å². The largest absolute Gasteiger partial charge is 0.352 e. The summed E-state index contributed by atoms with van der Waals surface area (Å²) in [5.41, 5.74) is 0.104. The number of nitro groups is 1. The molecule has 1 fully saturated rings. The van der Waals surface area contributed by atoms with Crippen molar-refractivity contribution >= 4 is 46.4 Å². The number of anilines is 1. The standard InChI is InChI=1S/C33H20ClFN2O5/c34-25-8-4-3-7-24(25)30(38)29-28(18-9-13-21(14-10-18)37(41)42)33(31(39)22-5-1-2-6-23(22)32(33)40)27-16-11-19-17-20(35)12-15-26(19)36(27)29/h1-17,27-29H. The first-order valence-electron chi connectivity index (χ1n) is 13.2. The Labute approximate surface area is 244 Å². The molecule has 1 spiro atoms. The van der Waals surface area contributed by atoms with Crippen molar-refractivity contribution < 1.29 is 23.7 Å². The number of Topliss-reactive ketones (excluding diaryl/α,β-unsaturated/α-hetero) is 3. The number of non-ortho nitro benzene ring substituents is 1. The van der Waals surface area contributed by atoms with Crippen molar-refractivity contribution in [2.45, 2.75) is 18.0 Å². The number of carbonyl (C=O) groups is 3. The monoisotopic (exact) mass is 578 g/mol. The average molecular weight is 579 g/mol. The number of carbonyl (C=O) groups excluding carboxylic acids is 3. The maximum atomic E-state index is 14.6. The number of ketones is 3. The van der Waals surface area contributed by atoms with E-state index in [1.165, 1.54) is 42.5 Å². The van der Waals surface area contributed by atoms with E-state index in [0.29, 0.717) is 16.8 Å². The number of halogens is 2. The van der Waals surface area contributed by atoms with Crippen LogP contribution in [0.15, 0.2) is 97.1 Å². The summed E-state index contributed by atoms with van der Waals surface area (Å²) in [6, 6.07) is 20.7. The zero-order valence-corrected chi connectivity index (χ0v) is 22.5. The predicted molar refractivity (Wildman–Crippen MR) is 155 cm³/mol. The van der Waals surface area contributed by atoms with Gasteiger partial charge in [0.05, 0.1) is 16.0 Å². The lowest BCUT2D eigenvalue weighted by Crippen LogP contribution is -2.48. The number of rotatable bonds is 4. The molecule has 2 heterocycles. The molecule has 0 N–H and O–H groups in total. The average Bonchev–Trinajstić information content (AvgIpc) is 3.43. The normalized spacial score (nSPS) is 21.3. The number of nitrogens with zero attached hydrogens (tertiary/aromatic N) is 2. The number of benzene rings is 4. The summed E-state index contributed by atoms with van der Waals surface area (Å²) >= 11 is 6.51. The molecule has 42 heavy (non-hydrogen) atoms. The Morgan fingerprint density at radius 3 is 2.19 bits per heavy atom. The van der Waals surface area contributed by atoms with Gasteiger partial charge in [0.1, 0.15) is 17.3 Å². The highest BCUT2D eigenvalue weighted by Gasteiger charge is 2.71. The molecule has 2 aliphatic heterocycles. The van der Waals surface area contributed by atoms with Crippen LogP contribution < -0.4 is 4.90 Å². The molecule has 0 aromatic heterocycles. The fourth-order valence-electron chi connectivity index (χ4n) is 6.94. The van der Waals surface area contributed by atoms with Gasteiger partial charge < -0.3 is 4.90 Å². The van der Waals surface area contributed by atoms with Crippen LogP contribution in [0.4, 0.5) is 15.8 Å². The van der Waals surface area contributed by atoms with Crippen molar-refractivity contribution in [1.82, 2.24) is 0 Å². The van der Waals surface area contributed by atoms with Gasteiger partial charge in [0.25, 0.3) is 5.69 Å². The number of hydrogen-bond acceptors (Lipinski definition) is 6. The Hall–Kier alpha value is -4.95. The quantitative estimate of drug-likeness (QED) is 0.116. The maximum Gasteiger partial charge on any atom is 0.269 e. The number of fused-ring (bicyclic) bond motifs is 5. The molecule has 1 aliphatic carbocycles. The summed E-state index contributed by atoms with van der Waals surface area (Å²) < 4.78 is 14.4. The molecule has 9 heteroatoms. The summed E-state index contributed by atoms with van der Waals surface area (Å²) in [4.78, 5) is 56.5. The SMILES string of the molecule is O=C(c1ccccc1Cl)C1C(c2ccc([N+](=O)[O-])cc2)C2(C(=O)c3ccccc3C2=O)C2C=Cc3cc(F)ccc3N12. The van der Waals surface area contributed by atoms with Crippen molar-refractivity contribution in [3.63, 3.8) is 0 Å². The second-order valence-corrected chi connectivity index (χ2v) is 11.0.